The average molecular weight is 250 g/mol. The number of aliphatic hydroxyl groups is 1. The third-order valence-electron chi connectivity index (χ3n) is 2.09. The van der Waals surface area contributed by atoms with E-state index in [1.165, 1.54) is 12.1 Å². The molecule has 2 N–H and O–H groups in total. The first-order chi connectivity index (χ1) is 7.89. The number of hydrogen-bond acceptors (Lipinski definition) is 3. The maximum atomic E-state index is 11.9. The van der Waals surface area contributed by atoms with E-state index in [4.69, 9.17) is 14.9 Å². The van der Waals surface area contributed by atoms with Crippen molar-refractivity contribution in [3.05, 3.63) is 24.3 Å². The van der Waals surface area contributed by atoms with Crippen molar-refractivity contribution in [2.24, 2.45) is 0 Å². The van der Waals surface area contributed by atoms with Gasteiger partial charge in [-0.2, -0.15) is 13.2 Å². The molecule has 0 heterocycles. The highest BCUT2D eigenvalue weighted by atomic mass is 19.4. The molecular weight excluding hydrogens is 237 g/mol. The highest BCUT2D eigenvalue weighted by Crippen LogP contribution is 2.23. The van der Waals surface area contributed by atoms with E-state index in [1.807, 2.05) is 0 Å². The summed E-state index contributed by atoms with van der Waals surface area (Å²) in [5, 5.41) is 17.8. The molecule has 1 aromatic carbocycles. The lowest BCUT2D eigenvalue weighted by Gasteiger charge is -2.14. The Morgan fingerprint density at radius 3 is 2.59 bits per heavy atom. The van der Waals surface area contributed by atoms with E-state index in [2.05, 4.69) is 0 Å². The molecule has 1 atom stereocenters. The first kappa shape index (κ1) is 13.6. The van der Waals surface area contributed by atoms with Crippen LogP contribution in [-0.2, 0) is 0 Å². The Bertz CT molecular complexity index is 352. The predicted octanol–water partition coefficient (Wildman–Crippen LogP) is 2.47. The Hall–Kier alpha value is -1.43. The van der Waals surface area contributed by atoms with Crippen molar-refractivity contribution in [1.29, 1.82) is 0 Å². The zero-order valence-corrected chi connectivity index (χ0v) is 8.94. The first-order valence-electron chi connectivity index (χ1n) is 5.06. The van der Waals surface area contributed by atoms with Crippen molar-refractivity contribution in [1.82, 2.24) is 0 Å². The van der Waals surface area contributed by atoms with Gasteiger partial charge in [0, 0.05) is 6.07 Å². The Labute approximate surface area is 96.5 Å². The lowest BCUT2D eigenvalue weighted by Crippen LogP contribution is -2.28. The average Bonchev–Trinajstić information content (AvgIpc) is 2.23. The van der Waals surface area contributed by atoms with Gasteiger partial charge in [0.05, 0.1) is 6.61 Å². The summed E-state index contributed by atoms with van der Waals surface area (Å²) in [5.74, 6) is 0.407. The molecule has 0 aliphatic rings. The molecule has 0 aromatic heterocycles. The Morgan fingerprint density at radius 2 is 2.00 bits per heavy atom. The smallest absolute Gasteiger partial charge is 0.414 e. The normalized spacial score (nSPS) is 13.4. The van der Waals surface area contributed by atoms with E-state index in [1.54, 1.807) is 12.1 Å². The zero-order chi connectivity index (χ0) is 12.9. The van der Waals surface area contributed by atoms with Crippen LogP contribution in [0.15, 0.2) is 24.3 Å². The van der Waals surface area contributed by atoms with Crippen molar-refractivity contribution in [2.75, 3.05) is 6.61 Å². The van der Waals surface area contributed by atoms with Crippen LogP contribution in [0.1, 0.15) is 12.8 Å². The van der Waals surface area contributed by atoms with Crippen molar-refractivity contribution < 1.29 is 28.1 Å². The van der Waals surface area contributed by atoms with Crippen LogP contribution in [0.3, 0.4) is 0 Å². The van der Waals surface area contributed by atoms with Crippen LogP contribution < -0.4 is 4.74 Å². The minimum atomic E-state index is -4.58. The molecule has 0 bridgehead atoms. The van der Waals surface area contributed by atoms with Crippen molar-refractivity contribution in [3.8, 4) is 11.5 Å². The number of aromatic hydroxyl groups is 1. The van der Waals surface area contributed by atoms with Gasteiger partial charge in [0.25, 0.3) is 0 Å². The maximum absolute atomic E-state index is 11.9. The third kappa shape index (κ3) is 4.95. The molecular formula is C11H13F3O3. The fourth-order valence-electron chi connectivity index (χ4n) is 1.20. The summed E-state index contributed by atoms with van der Waals surface area (Å²) in [6.45, 7) is 0.0522. The van der Waals surface area contributed by atoms with Crippen LogP contribution in [0.5, 0.6) is 11.5 Å². The fourth-order valence-corrected chi connectivity index (χ4v) is 1.20. The van der Waals surface area contributed by atoms with E-state index in [0.29, 0.717) is 5.75 Å². The number of alkyl halides is 3. The summed E-state index contributed by atoms with van der Waals surface area (Å²) in [7, 11) is 0. The minimum Gasteiger partial charge on any atom is -0.508 e. The Balaban J connectivity index is 2.25. The number of rotatable bonds is 5. The highest BCUT2D eigenvalue weighted by Gasteiger charge is 2.37. The van der Waals surface area contributed by atoms with Crippen LogP contribution >= 0.6 is 0 Å². The first-order valence-corrected chi connectivity index (χ1v) is 5.06. The van der Waals surface area contributed by atoms with Crippen LogP contribution in [0.2, 0.25) is 0 Å². The fraction of sp³-hybridized carbons (Fsp3) is 0.455. The zero-order valence-electron chi connectivity index (χ0n) is 8.94. The Kier molecular flexibility index (Phi) is 4.62. The molecule has 96 valence electrons. The summed E-state index contributed by atoms with van der Waals surface area (Å²) in [6, 6.07) is 5.97. The lowest BCUT2D eigenvalue weighted by molar-refractivity contribution is -0.205. The second-order valence-corrected chi connectivity index (χ2v) is 3.55. The summed E-state index contributed by atoms with van der Waals surface area (Å²) < 4.78 is 40.9. The van der Waals surface area contributed by atoms with Gasteiger partial charge in [0.1, 0.15) is 17.6 Å². The molecule has 0 spiro atoms. The molecule has 0 fully saturated rings. The van der Waals surface area contributed by atoms with Gasteiger partial charge in [-0.1, -0.05) is 6.07 Å². The number of phenolic OH excluding ortho intramolecular Hbond substituents is 1. The highest BCUT2D eigenvalue weighted by molar-refractivity contribution is 5.31. The second-order valence-electron chi connectivity index (χ2n) is 3.55. The molecule has 3 nitrogen and oxygen atoms in total. The van der Waals surface area contributed by atoms with Crippen LogP contribution in [-0.4, -0.2) is 29.1 Å². The van der Waals surface area contributed by atoms with E-state index in [9.17, 15) is 13.2 Å². The molecule has 0 amide bonds. The lowest BCUT2D eigenvalue weighted by atomic mass is 10.2. The molecule has 0 saturated heterocycles. The quantitative estimate of drug-likeness (QED) is 0.789. The van der Waals surface area contributed by atoms with Gasteiger partial charge < -0.3 is 14.9 Å². The van der Waals surface area contributed by atoms with Gasteiger partial charge in [-0.15, -0.1) is 0 Å². The van der Waals surface area contributed by atoms with Gasteiger partial charge in [-0.05, 0) is 25.0 Å². The molecule has 1 aromatic rings. The predicted molar refractivity (Wildman–Crippen MR) is 54.9 cm³/mol. The van der Waals surface area contributed by atoms with Gasteiger partial charge in [0.2, 0.25) is 0 Å². The van der Waals surface area contributed by atoms with Gasteiger partial charge >= 0.3 is 6.18 Å². The van der Waals surface area contributed by atoms with E-state index >= 15 is 0 Å². The molecule has 0 aliphatic carbocycles. The van der Waals surface area contributed by atoms with Gasteiger partial charge in [-0.25, -0.2) is 0 Å². The molecule has 1 unspecified atom stereocenters. The van der Waals surface area contributed by atoms with Crippen LogP contribution in [0, 0.1) is 0 Å². The summed E-state index contributed by atoms with van der Waals surface area (Å²) in [4.78, 5) is 0. The van der Waals surface area contributed by atoms with Crippen molar-refractivity contribution in [2.45, 2.75) is 25.1 Å². The molecule has 1 rings (SSSR count). The topological polar surface area (TPSA) is 49.7 Å². The third-order valence-corrected chi connectivity index (χ3v) is 2.09. The summed E-state index contributed by atoms with van der Waals surface area (Å²) in [6.07, 6.45) is -7.21. The SMILES string of the molecule is Oc1cccc(OCCCC(O)C(F)(F)F)c1. The van der Waals surface area contributed by atoms with Crippen LogP contribution in [0.25, 0.3) is 0 Å². The molecule has 0 saturated carbocycles. The number of hydrogen-bond donors (Lipinski definition) is 2. The Morgan fingerprint density at radius 1 is 1.29 bits per heavy atom. The maximum Gasteiger partial charge on any atom is 0.414 e. The van der Waals surface area contributed by atoms with Crippen molar-refractivity contribution in [3.63, 3.8) is 0 Å². The standard InChI is InChI=1S/C11H13F3O3/c12-11(13,14)10(16)5-2-6-17-9-4-1-3-8(15)7-9/h1,3-4,7,10,15-16H,2,5-6H2. The number of benzene rings is 1. The summed E-state index contributed by atoms with van der Waals surface area (Å²) >= 11 is 0. The van der Waals surface area contributed by atoms with E-state index in [-0.39, 0.29) is 18.8 Å². The number of phenols is 1. The van der Waals surface area contributed by atoms with E-state index in [0.717, 1.165) is 0 Å². The van der Waals surface area contributed by atoms with Crippen LogP contribution in [0.4, 0.5) is 13.2 Å². The number of aliphatic hydroxyl groups excluding tert-OH is 1. The van der Waals surface area contributed by atoms with Gasteiger partial charge in [-0.3, -0.25) is 0 Å². The van der Waals surface area contributed by atoms with Crippen molar-refractivity contribution >= 4 is 0 Å². The summed E-state index contributed by atoms with van der Waals surface area (Å²) in [5.41, 5.74) is 0. The number of ether oxygens (including phenoxy) is 1. The van der Waals surface area contributed by atoms with Gasteiger partial charge in [0.15, 0.2) is 0 Å². The molecule has 0 radical (unpaired) electrons. The minimum absolute atomic E-state index is 0.0258. The molecule has 17 heavy (non-hydrogen) atoms. The largest absolute Gasteiger partial charge is 0.508 e. The molecule has 0 aliphatic heterocycles. The second kappa shape index (κ2) is 5.77. The monoisotopic (exact) mass is 250 g/mol. The molecule has 6 heteroatoms. The number of halogens is 3. The van der Waals surface area contributed by atoms with E-state index < -0.39 is 18.7 Å².